The van der Waals surface area contributed by atoms with Crippen LogP contribution in [0.4, 0.5) is 0 Å². The Balaban J connectivity index is 1.84. The third kappa shape index (κ3) is 1.89. The van der Waals surface area contributed by atoms with Gasteiger partial charge in [0.05, 0.1) is 18.4 Å². The predicted molar refractivity (Wildman–Crippen MR) is 84.8 cm³/mol. The van der Waals surface area contributed by atoms with E-state index >= 15 is 0 Å². The Morgan fingerprint density at radius 2 is 1.92 bits per heavy atom. The molecule has 2 fully saturated rings. The quantitative estimate of drug-likeness (QED) is 0.592. The minimum absolute atomic E-state index is 0.191. The van der Waals surface area contributed by atoms with E-state index in [4.69, 9.17) is 4.74 Å². The summed E-state index contributed by atoms with van der Waals surface area (Å²) in [6.07, 6.45) is 0.806. The van der Waals surface area contributed by atoms with Crippen LogP contribution in [0.2, 0.25) is 0 Å². The number of esters is 1. The molecule has 0 aromatic heterocycles. The summed E-state index contributed by atoms with van der Waals surface area (Å²) in [6, 6.07) is 7.10. The minimum Gasteiger partial charge on any atom is -0.465 e. The topological polar surface area (TPSA) is 66.9 Å². The van der Waals surface area contributed by atoms with Crippen LogP contribution in [0.15, 0.2) is 24.3 Å². The lowest BCUT2D eigenvalue weighted by Gasteiger charge is -2.36. The largest absolute Gasteiger partial charge is 0.465 e. The van der Waals surface area contributed by atoms with Crippen molar-refractivity contribution in [3.63, 3.8) is 0 Å². The summed E-state index contributed by atoms with van der Waals surface area (Å²) in [7, 11) is 1.50. The number of hydrogen-bond donors (Lipinski definition) is 0. The van der Waals surface area contributed by atoms with Gasteiger partial charge >= 0.3 is 5.97 Å². The molecule has 2 amide bonds. The van der Waals surface area contributed by atoms with Gasteiger partial charge in [0.2, 0.25) is 11.8 Å². The van der Waals surface area contributed by atoms with E-state index in [1.807, 2.05) is 23.1 Å². The van der Waals surface area contributed by atoms with Crippen molar-refractivity contribution in [2.75, 3.05) is 20.2 Å². The summed E-state index contributed by atoms with van der Waals surface area (Å²) in [4.78, 5) is 41.1. The first-order chi connectivity index (χ1) is 11.6. The van der Waals surface area contributed by atoms with E-state index in [9.17, 15) is 14.4 Å². The Morgan fingerprint density at radius 1 is 1.21 bits per heavy atom. The highest BCUT2D eigenvalue weighted by Crippen LogP contribution is 2.52. The Bertz CT molecular complexity index is 731. The Hall–Kier alpha value is -2.21. The van der Waals surface area contributed by atoms with E-state index in [-0.39, 0.29) is 24.5 Å². The van der Waals surface area contributed by atoms with Crippen LogP contribution in [0, 0.1) is 11.8 Å². The zero-order chi connectivity index (χ0) is 17.0. The monoisotopic (exact) mass is 328 g/mol. The average molecular weight is 328 g/mol. The average Bonchev–Trinajstić information content (AvgIpc) is 3.04. The SMILES string of the molecule is CCOC(=O)[C@H]1[C@@H]2C(=O)N(C)C(=O)[C@@H]2[C@@H]2c3ccccc3CCN12. The number of benzene rings is 1. The van der Waals surface area contributed by atoms with E-state index in [2.05, 4.69) is 6.07 Å². The standard InChI is InChI=1S/C18H20N2O4/c1-3-24-18(23)15-13-12(16(21)19(2)17(13)22)14-11-7-5-4-6-10(11)8-9-20(14)15/h4-7,12-15H,3,8-9H2,1-2H3/t12-,13+,14-,15+/m0/s1. The first kappa shape index (κ1) is 15.3. The number of likely N-dealkylation sites (tertiary alicyclic amines) is 1. The lowest BCUT2D eigenvalue weighted by atomic mass is 9.83. The zero-order valence-corrected chi connectivity index (χ0v) is 13.8. The second kappa shape index (κ2) is 5.41. The second-order valence-electron chi connectivity index (χ2n) is 6.62. The highest BCUT2D eigenvalue weighted by molar-refractivity contribution is 6.08. The summed E-state index contributed by atoms with van der Waals surface area (Å²) < 4.78 is 5.23. The Morgan fingerprint density at radius 3 is 2.67 bits per heavy atom. The molecule has 24 heavy (non-hydrogen) atoms. The first-order valence-electron chi connectivity index (χ1n) is 8.37. The van der Waals surface area contributed by atoms with E-state index in [0.29, 0.717) is 6.54 Å². The molecule has 4 atom stereocenters. The molecule has 4 rings (SSSR count). The smallest absolute Gasteiger partial charge is 0.324 e. The molecule has 6 nitrogen and oxygen atoms in total. The zero-order valence-electron chi connectivity index (χ0n) is 13.8. The van der Waals surface area contributed by atoms with Crippen LogP contribution in [-0.2, 0) is 25.5 Å². The molecular formula is C18H20N2O4. The summed E-state index contributed by atoms with van der Waals surface area (Å²) in [5.41, 5.74) is 2.25. The number of rotatable bonds is 2. The van der Waals surface area contributed by atoms with Crippen LogP contribution >= 0.6 is 0 Å². The third-order valence-corrected chi connectivity index (χ3v) is 5.55. The number of hydrogen-bond acceptors (Lipinski definition) is 5. The molecule has 0 radical (unpaired) electrons. The van der Waals surface area contributed by atoms with E-state index < -0.39 is 23.8 Å². The van der Waals surface area contributed by atoms with Crippen LogP contribution in [0.25, 0.3) is 0 Å². The lowest BCUT2D eigenvalue weighted by Crippen LogP contribution is -2.47. The van der Waals surface area contributed by atoms with E-state index in [1.54, 1.807) is 6.92 Å². The summed E-state index contributed by atoms with van der Waals surface area (Å²) in [5, 5.41) is 0. The van der Waals surface area contributed by atoms with Gasteiger partial charge in [0.25, 0.3) is 0 Å². The van der Waals surface area contributed by atoms with Gasteiger partial charge in [-0.2, -0.15) is 0 Å². The molecule has 1 aromatic rings. The molecule has 0 spiro atoms. The maximum atomic E-state index is 12.7. The highest BCUT2D eigenvalue weighted by Gasteiger charge is 2.64. The molecule has 6 heteroatoms. The molecule has 3 aliphatic heterocycles. The molecule has 126 valence electrons. The van der Waals surface area contributed by atoms with Crippen LogP contribution in [0.5, 0.6) is 0 Å². The van der Waals surface area contributed by atoms with Gasteiger partial charge in [-0.05, 0) is 24.5 Å². The number of amides is 2. The van der Waals surface area contributed by atoms with Crippen molar-refractivity contribution in [3.8, 4) is 0 Å². The highest BCUT2D eigenvalue weighted by atomic mass is 16.5. The van der Waals surface area contributed by atoms with Crippen molar-refractivity contribution in [1.29, 1.82) is 0 Å². The molecule has 2 saturated heterocycles. The fraction of sp³-hybridized carbons (Fsp3) is 0.500. The number of ether oxygens (including phenoxy) is 1. The van der Waals surface area contributed by atoms with Crippen molar-refractivity contribution in [1.82, 2.24) is 9.80 Å². The molecule has 3 heterocycles. The van der Waals surface area contributed by atoms with Crippen LogP contribution < -0.4 is 0 Å². The number of carbonyl (C=O) groups excluding carboxylic acids is 3. The number of fused-ring (bicyclic) bond motifs is 5. The molecule has 0 aliphatic carbocycles. The van der Waals surface area contributed by atoms with Crippen LogP contribution in [-0.4, -0.2) is 53.8 Å². The van der Waals surface area contributed by atoms with Crippen molar-refractivity contribution in [2.45, 2.75) is 25.4 Å². The molecule has 0 unspecified atom stereocenters. The van der Waals surface area contributed by atoms with Gasteiger partial charge in [-0.3, -0.25) is 24.2 Å². The van der Waals surface area contributed by atoms with Gasteiger partial charge in [-0.15, -0.1) is 0 Å². The molecule has 0 saturated carbocycles. The van der Waals surface area contributed by atoms with Crippen LogP contribution in [0.1, 0.15) is 24.1 Å². The number of imide groups is 1. The fourth-order valence-corrected chi connectivity index (χ4v) is 4.57. The van der Waals surface area contributed by atoms with Crippen molar-refractivity contribution < 1.29 is 19.1 Å². The summed E-state index contributed by atoms with van der Waals surface area (Å²) in [5.74, 6) is -2.00. The fourth-order valence-electron chi connectivity index (χ4n) is 4.57. The Labute approximate surface area is 140 Å². The maximum absolute atomic E-state index is 12.7. The van der Waals surface area contributed by atoms with Crippen molar-refractivity contribution in [3.05, 3.63) is 35.4 Å². The van der Waals surface area contributed by atoms with E-state index in [1.165, 1.54) is 17.5 Å². The minimum atomic E-state index is -0.672. The van der Waals surface area contributed by atoms with Gasteiger partial charge in [0, 0.05) is 19.6 Å². The maximum Gasteiger partial charge on any atom is 0.324 e. The van der Waals surface area contributed by atoms with Gasteiger partial charge < -0.3 is 4.74 Å². The Kier molecular flexibility index (Phi) is 3.46. The summed E-state index contributed by atoms with van der Waals surface area (Å²) in [6.45, 7) is 2.67. The van der Waals surface area contributed by atoms with Crippen molar-refractivity contribution >= 4 is 17.8 Å². The molecular weight excluding hydrogens is 308 g/mol. The predicted octanol–water partition coefficient (Wildman–Crippen LogP) is 0.762. The van der Waals surface area contributed by atoms with Crippen LogP contribution in [0.3, 0.4) is 0 Å². The lowest BCUT2D eigenvalue weighted by molar-refractivity contribution is -0.154. The molecule has 0 bridgehead atoms. The van der Waals surface area contributed by atoms with Gasteiger partial charge in [-0.25, -0.2) is 0 Å². The first-order valence-corrected chi connectivity index (χ1v) is 8.37. The normalized spacial score (nSPS) is 31.7. The molecule has 1 aromatic carbocycles. The number of nitrogens with zero attached hydrogens (tertiary/aromatic N) is 2. The van der Waals surface area contributed by atoms with Gasteiger partial charge in [0.1, 0.15) is 6.04 Å². The van der Waals surface area contributed by atoms with E-state index in [0.717, 1.165) is 12.0 Å². The second-order valence-corrected chi connectivity index (χ2v) is 6.62. The van der Waals surface area contributed by atoms with Crippen molar-refractivity contribution in [2.24, 2.45) is 11.8 Å². The molecule has 3 aliphatic rings. The summed E-state index contributed by atoms with van der Waals surface area (Å²) >= 11 is 0. The van der Waals surface area contributed by atoms with Gasteiger partial charge in [-0.1, -0.05) is 24.3 Å². The number of carbonyl (C=O) groups is 3. The molecule has 0 N–H and O–H groups in total. The van der Waals surface area contributed by atoms with Gasteiger partial charge in [0.15, 0.2) is 0 Å². The third-order valence-electron chi connectivity index (χ3n) is 5.55.